The molecule has 0 saturated carbocycles. The zero-order chi connectivity index (χ0) is 16.2. The number of hydrogen-bond donors (Lipinski definition) is 2. The average Bonchev–Trinajstić information content (AvgIpc) is 3.24. The molecule has 23 heavy (non-hydrogen) atoms. The average molecular weight is 337 g/mol. The molecule has 1 aromatic rings. The number of nitrogens with one attached hydrogen (secondary N) is 2. The molecule has 1 unspecified atom stereocenters. The standard InChI is InChI=1S/C15H23N5O2S/c1-19-8-12(7-18-19)14(21)16-6-11-2-4-20(5-3-11)15(22)13-9-23-10-17-13/h7-8,11,13,17H,2-6,9-10H2,1H3,(H,16,21). The van der Waals surface area contributed by atoms with E-state index in [1.54, 1.807) is 35.9 Å². The number of amides is 2. The summed E-state index contributed by atoms with van der Waals surface area (Å²) >= 11 is 1.77. The molecule has 2 aliphatic rings. The first-order valence-electron chi connectivity index (χ1n) is 8.00. The van der Waals surface area contributed by atoms with Crippen LogP contribution in [-0.2, 0) is 11.8 Å². The number of thioether (sulfide) groups is 1. The molecular formula is C15H23N5O2S. The molecule has 3 rings (SSSR count). The predicted octanol–water partition coefficient (Wildman–Crippen LogP) is 0.0510. The Bertz CT molecular complexity index is 562. The van der Waals surface area contributed by atoms with Gasteiger partial charge in [-0.2, -0.15) is 5.10 Å². The number of rotatable bonds is 4. The van der Waals surface area contributed by atoms with Crippen LogP contribution in [0.5, 0.6) is 0 Å². The molecule has 1 aromatic heterocycles. The summed E-state index contributed by atoms with van der Waals surface area (Å²) in [4.78, 5) is 26.3. The molecule has 2 saturated heterocycles. The van der Waals surface area contributed by atoms with Crippen LogP contribution in [0.1, 0.15) is 23.2 Å². The fourth-order valence-corrected chi connectivity index (χ4v) is 3.94. The third-order valence-corrected chi connectivity index (χ3v) is 5.40. The van der Waals surface area contributed by atoms with Gasteiger partial charge in [-0.3, -0.25) is 19.6 Å². The lowest BCUT2D eigenvalue weighted by Crippen LogP contribution is -2.48. The van der Waals surface area contributed by atoms with E-state index in [0.717, 1.165) is 37.6 Å². The summed E-state index contributed by atoms with van der Waals surface area (Å²) in [5.41, 5.74) is 0.588. The third kappa shape index (κ3) is 4.06. The molecule has 0 aliphatic carbocycles. The monoisotopic (exact) mass is 337 g/mol. The van der Waals surface area contributed by atoms with Crippen molar-refractivity contribution >= 4 is 23.6 Å². The summed E-state index contributed by atoms with van der Waals surface area (Å²) in [5.74, 6) is 2.33. The number of piperidine rings is 1. The summed E-state index contributed by atoms with van der Waals surface area (Å²) in [6.45, 7) is 2.23. The minimum absolute atomic E-state index is 0.0122. The van der Waals surface area contributed by atoms with Crippen LogP contribution in [0.4, 0.5) is 0 Å². The van der Waals surface area contributed by atoms with Gasteiger partial charge in [-0.05, 0) is 18.8 Å². The van der Waals surface area contributed by atoms with Crippen LogP contribution in [0.2, 0.25) is 0 Å². The molecule has 7 nitrogen and oxygen atoms in total. The summed E-state index contributed by atoms with van der Waals surface area (Å²) in [6, 6.07) is -0.0122. The lowest BCUT2D eigenvalue weighted by Gasteiger charge is -2.33. The van der Waals surface area contributed by atoms with E-state index < -0.39 is 0 Å². The van der Waals surface area contributed by atoms with E-state index in [1.165, 1.54) is 0 Å². The van der Waals surface area contributed by atoms with Gasteiger partial charge in [-0.1, -0.05) is 0 Å². The highest BCUT2D eigenvalue weighted by Crippen LogP contribution is 2.19. The van der Waals surface area contributed by atoms with Gasteiger partial charge in [0.2, 0.25) is 5.91 Å². The van der Waals surface area contributed by atoms with Crippen LogP contribution < -0.4 is 10.6 Å². The highest BCUT2D eigenvalue weighted by atomic mass is 32.2. The van der Waals surface area contributed by atoms with Gasteiger partial charge in [-0.25, -0.2) is 0 Å². The van der Waals surface area contributed by atoms with Crippen molar-refractivity contribution in [2.45, 2.75) is 18.9 Å². The quantitative estimate of drug-likeness (QED) is 0.812. The first-order valence-corrected chi connectivity index (χ1v) is 9.15. The Morgan fingerprint density at radius 1 is 1.43 bits per heavy atom. The smallest absolute Gasteiger partial charge is 0.254 e. The Labute approximate surface area is 140 Å². The Morgan fingerprint density at radius 3 is 2.83 bits per heavy atom. The van der Waals surface area contributed by atoms with Gasteiger partial charge in [0.05, 0.1) is 17.8 Å². The van der Waals surface area contributed by atoms with Gasteiger partial charge in [0, 0.05) is 44.5 Å². The molecule has 2 amide bonds. The first-order chi connectivity index (χ1) is 11.1. The van der Waals surface area contributed by atoms with Crippen molar-refractivity contribution in [2.75, 3.05) is 31.3 Å². The minimum Gasteiger partial charge on any atom is -0.352 e. The van der Waals surface area contributed by atoms with Crippen molar-refractivity contribution in [3.63, 3.8) is 0 Å². The van der Waals surface area contributed by atoms with E-state index >= 15 is 0 Å². The minimum atomic E-state index is -0.0798. The number of carbonyl (C=O) groups is 2. The van der Waals surface area contributed by atoms with E-state index in [2.05, 4.69) is 15.7 Å². The topological polar surface area (TPSA) is 79.3 Å². The molecule has 1 atom stereocenters. The zero-order valence-electron chi connectivity index (χ0n) is 13.3. The number of carbonyl (C=O) groups excluding carboxylic acids is 2. The fourth-order valence-electron chi connectivity index (χ4n) is 3.01. The number of aryl methyl sites for hydroxylation is 1. The number of hydrogen-bond acceptors (Lipinski definition) is 5. The molecule has 2 fully saturated rings. The molecule has 126 valence electrons. The molecule has 0 bridgehead atoms. The lowest BCUT2D eigenvalue weighted by molar-refractivity contribution is -0.134. The van der Waals surface area contributed by atoms with Crippen molar-refractivity contribution in [1.82, 2.24) is 25.3 Å². The van der Waals surface area contributed by atoms with E-state index in [1.807, 2.05) is 4.90 Å². The number of likely N-dealkylation sites (tertiary alicyclic amines) is 1. The van der Waals surface area contributed by atoms with Gasteiger partial charge in [-0.15, -0.1) is 11.8 Å². The molecule has 0 radical (unpaired) electrons. The molecule has 0 spiro atoms. The largest absolute Gasteiger partial charge is 0.352 e. The molecule has 2 aliphatic heterocycles. The van der Waals surface area contributed by atoms with Crippen LogP contribution in [0.15, 0.2) is 12.4 Å². The highest BCUT2D eigenvalue weighted by Gasteiger charge is 2.30. The van der Waals surface area contributed by atoms with E-state index in [-0.39, 0.29) is 17.9 Å². The van der Waals surface area contributed by atoms with E-state index in [0.29, 0.717) is 18.0 Å². The molecule has 0 aromatic carbocycles. The highest BCUT2D eigenvalue weighted by molar-refractivity contribution is 7.99. The van der Waals surface area contributed by atoms with Crippen LogP contribution in [0.3, 0.4) is 0 Å². The Hall–Kier alpha value is -1.54. The second-order valence-corrected chi connectivity index (χ2v) is 7.18. The SMILES string of the molecule is Cn1cc(C(=O)NCC2CCN(C(=O)C3CSCN3)CC2)cn1. The Balaban J connectivity index is 1.40. The maximum absolute atomic E-state index is 12.3. The first kappa shape index (κ1) is 16.3. The normalized spacial score (nSPS) is 22.3. The van der Waals surface area contributed by atoms with Crippen LogP contribution in [0, 0.1) is 5.92 Å². The van der Waals surface area contributed by atoms with Crippen LogP contribution >= 0.6 is 11.8 Å². The molecule has 3 heterocycles. The maximum atomic E-state index is 12.3. The van der Waals surface area contributed by atoms with E-state index in [4.69, 9.17) is 0 Å². The number of nitrogens with zero attached hydrogens (tertiary/aromatic N) is 3. The third-order valence-electron chi connectivity index (χ3n) is 4.46. The van der Waals surface area contributed by atoms with Crippen molar-refractivity contribution < 1.29 is 9.59 Å². The van der Waals surface area contributed by atoms with Crippen molar-refractivity contribution in [2.24, 2.45) is 13.0 Å². The summed E-state index contributed by atoms with van der Waals surface area (Å²) in [7, 11) is 1.79. The van der Waals surface area contributed by atoms with Gasteiger partial charge < -0.3 is 10.2 Å². The predicted molar refractivity (Wildman–Crippen MR) is 89.1 cm³/mol. The Kier molecular flexibility index (Phi) is 5.22. The summed E-state index contributed by atoms with van der Waals surface area (Å²) < 4.78 is 1.62. The van der Waals surface area contributed by atoms with Crippen molar-refractivity contribution in [1.29, 1.82) is 0 Å². The molecule has 2 N–H and O–H groups in total. The molecular weight excluding hydrogens is 314 g/mol. The van der Waals surface area contributed by atoms with Crippen molar-refractivity contribution in [3.05, 3.63) is 18.0 Å². The van der Waals surface area contributed by atoms with Gasteiger partial charge in [0.15, 0.2) is 0 Å². The molecule has 8 heteroatoms. The van der Waals surface area contributed by atoms with Crippen LogP contribution in [-0.4, -0.2) is 63.8 Å². The lowest BCUT2D eigenvalue weighted by atomic mass is 9.96. The maximum Gasteiger partial charge on any atom is 0.254 e. The summed E-state index contributed by atoms with van der Waals surface area (Å²) in [6.07, 6.45) is 5.17. The van der Waals surface area contributed by atoms with Crippen LogP contribution in [0.25, 0.3) is 0 Å². The van der Waals surface area contributed by atoms with Gasteiger partial charge in [0.1, 0.15) is 0 Å². The number of aromatic nitrogens is 2. The second-order valence-electron chi connectivity index (χ2n) is 6.15. The second kappa shape index (κ2) is 7.35. The van der Waals surface area contributed by atoms with Crippen molar-refractivity contribution in [3.8, 4) is 0 Å². The Morgan fingerprint density at radius 2 is 2.22 bits per heavy atom. The fraction of sp³-hybridized carbons (Fsp3) is 0.667. The zero-order valence-corrected chi connectivity index (χ0v) is 14.1. The van der Waals surface area contributed by atoms with Gasteiger partial charge in [0.25, 0.3) is 5.91 Å². The summed E-state index contributed by atoms with van der Waals surface area (Å²) in [5, 5.41) is 10.2. The van der Waals surface area contributed by atoms with E-state index in [9.17, 15) is 9.59 Å². The van der Waals surface area contributed by atoms with Gasteiger partial charge >= 0.3 is 0 Å².